The number of hydrogen-bond acceptors (Lipinski definition) is 4. The van der Waals surface area contributed by atoms with E-state index in [1.54, 1.807) is 16.8 Å². The van der Waals surface area contributed by atoms with Crippen molar-refractivity contribution in [2.75, 3.05) is 19.5 Å². The number of hydrogen-bond donors (Lipinski definition) is 1. The Bertz CT molecular complexity index is 1030. The lowest BCUT2D eigenvalue weighted by Crippen LogP contribution is -2.18. The predicted octanol–water partition coefficient (Wildman–Crippen LogP) is 4.15. The minimum Gasteiger partial charge on any atom is -0.493 e. The summed E-state index contributed by atoms with van der Waals surface area (Å²) in [6, 6.07) is 11.7. The molecule has 30 heavy (non-hydrogen) atoms. The number of alkyl halides is 3. The smallest absolute Gasteiger partial charge is 0.416 e. The number of carbonyl (C=O) groups is 1. The van der Waals surface area contributed by atoms with E-state index in [-0.39, 0.29) is 12.0 Å². The quantitative estimate of drug-likeness (QED) is 0.625. The fourth-order valence-corrected chi connectivity index (χ4v) is 3.03. The summed E-state index contributed by atoms with van der Waals surface area (Å²) < 4.78 is 50.8. The second-order valence-electron chi connectivity index (χ2n) is 6.45. The second kappa shape index (κ2) is 8.89. The molecular formula is C21H20F3N3O3. The normalized spacial score (nSPS) is 11.2. The van der Waals surface area contributed by atoms with Crippen LogP contribution in [0.25, 0.3) is 0 Å². The van der Waals surface area contributed by atoms with Crippen LogP contribution >= 0.6 is 0 Å². The van der Waals surface area contributed by atoms with E-state index >= 15 is 0 Å². The summed E-state index contributed by atoms with van der Waals surface area (Å²) >= 11 is 0. The molecule has 0 radical (unpaired) electrons. The van der Waals surface area contributed by atoms with Crippen molar-refractivity contribution in [2.45, 2.75) is 19.1 Å². The first kappa shape index (κ1) is 21.2. The fraction of sp³-hybridized carbons (Fsp3) is 0.238. The summed E-state index contributed by atoms with van der Waals surface area (Å²) in [5, 5.41) is 6.90. The zero-order valence-corrected chi connectivity index (χ0v) is 16.4. The second-order valence-corrected chi connectivity index (χ2v) is 6.45. The molecule has 0 atom stereocenters. The number of carbonyl (C=O) groups excluding carboxylic acids is 1. The number of ether oxygens (including phenoxy) is 2. The standard InChI is InChI=1S/C21H20F3N3O3/c1-29-17-8-4-6-15(20(17)30-2)13-27-18(9-10-25-27)26-19(28)12-14-5-3-7-16(11-14)21(22,23)24/h3-11H,12-13H2,1-2H3,(H,26,28). The van der Waals surface area contributed by atoms with Crippen LogP contribution in [0.1, 0.15) is 16.7 Å². The molecule has 0 spiro atoms. The van der Waals surface area contributed by atoms with Gasteiger partial charge >= 0.3 is 6.18 Å². The minimum absolute atomic E-state index is 0.197. The van der Waals surface area contributed by atoms with Crippen molar-refractivity contribution in [1.29, 1.82) is 0 Å². The Morgan fingerprint density at radius 3 is 2.57 bits per heavy atom. The van der Waals surface area contributed by atoms with Crippen molar-refractivity contribution in [1.82, 2.24) is 9.78 Å². The summed E-state index contributed by atoms with van der Waals surface area (Å²) in [6.45, 7) is 0.298. The number of rotatable bonds is 7. The van der Waals surface area contributed by atoms with E-state index < -0.39 is 17.6 Å². The maximum atomic E-state index is 12.9. The Kier molecular flexibility index (Phi) is 6.29. The van der Waals surface area contributed by atoms with Gasteiger partial charge in [-0.3, -0.25) is 4.79 Å². The number of methoxy groups -OCH3 is 2. The van der Waals surface area contributed by atoms with Gasteiger partial charge in [-0.05, 0) is 17.7 Å². The monoisotopic (exact) mass is 419 g/mol. The zero-order chi connectivity index (χ0) is 21.7. The Morgan fingerprint density at radius 2 is 1.87 bits per heavy atom. The fourth-order valence-electron chi connectivity index (χ4n) is 3.03. The number of aromatic nitrogens is 2. The lowest BCUT2D eigenvalue weighted by Gasteiger charge is -2.14. The third-order valence-corrected chi connectivity index (χ3v) is 4.41. The van der Waals surface area contributed by atoms with Gasteiger partial charge in [0.1, 0.15) is 5.82 Å². The molecule has 0 aliphatic rings. The maximum absolute atomic E-state index is 12.9. The average molecular weight is 419 g/mol. The molecule has 1 aromatic heterocycles. The van der Waals surface area contributed by atoms with E-state index in [0.29, 0.717) is 23.9 Å². The van der Waals surface area contributed by atoms with Gasteiger partial charge < -0.3 is 14.8 Å². The molecule has 0 saturated carbocycles. The molecule has 1 N–H and O–H groups in total. The average Bonchev–Trinajstić information content (AvgIpc) is 3.13. The number of anilines is 1. The van der Waals surface area contributed by atoms with E-state index in [1.807, 2.05) is 12.1 Å². The van der Waals surface area contributed by atoms with Gasteiger partial charge in [-0.15, -0.1) is 0 Å². The molecule has 0 aliphatic heterocycles. The van der Waals surface area contributed by atoms with Crippen LogP contribution in [0.4, 0.5) is 19.0 Å². The summed E-state index contributed by atoms with van der Waals surface area (Å²) in [4.78, 5) is 12.4. The highest BCUT2D eigenvalue weighted by atomic mass is 19.4. The van der Waals surface area contributed by atoms with Gasteiger partial charge in [-0.2, -0.15) is 18.3 Å². The van der Waals surface area contributed by atoms with Gasteiger partial charge in [-0.25, -0.2) is 4.68 Å². The molecular weight excluding hydrogens is 399 g/mol. The molecule has 0 saturated heterocycles. The summed E-state index contributed by atoms with van der Waals surface area (Å²) in [5.41, 5.74) is 0.264. The molecule has 158 valence electrons. The Labute approximate surface area is 171 Å². The lowest BCUT2D eigenvalue weighted by molar-refractivity contribution is -0.137. The van der Waals surface area contributed by atoms with Crippen LogP contribution in [0.2, 0.25) is 0 Å². The first-order valence-electron chi connectivity index (χ1n) is 8.99. The van der Waals surface area contributed by atoms with Gasteiger partial charge in [0.15, 0.2) is 11.5 Å². The van der Waals surface area contributed by atoms with E-state index in [2.05, 4.69) is 10.4 Å². The highest BCUT2D eigenvalue weighted by molar-refractivity contribution is 5.91. The molecule has 9 heteroatoms. The van der Waals surface area contributed by atoms with Crippen molar-refractivity contribution < 1.29 is 27.4 Å². The molecule has 3 rings (SSSR count). The van der Waals surface area contributed by atoms with Crippen LogP contribution in [-0.4, -0.2) is 29.9 Å². The first-order chi connectivity index (χ1) is 14.3. The topological polar surface area (TPSA) is 65.4 Å². The maximum Gasteiger partial charge on any atom is 0.416 e. The van der Waals surface area contributed by atoms with Crippen LogP contribution in [0, 0.1) is 0 Å². The van der Waals surface area contributed by atoms with Crippen LogP contribution in [0.5, 0.6) is 11.5 Å². The number of amides is 1. The summed E-state index contributed by atoms with van der Waals surface area (Å²) in [7, 11) is 3.07. The van der Waals surface area contributed by atoms with E-state index in [4.69, 9.17) is 9.47 Å². The highest BCUT2D eigenvalue weighted by Gasteiger charge is 2.30. The highest BCUT2D eigenvalue weighted by Crippen LogP contribution is 2.32. The minimum atomic E-state index is -4.46. The van der Waals surface area contributed by atoms with Gasteiger partial charge in [0.2, 0.25) is 5.91 Å². The van der Waals surface area contributed by atoms with Gasteiger partial charge in [-0.1, -0.05) is 30.3 Å². The number of nitrogens with zero attached hydrogens (tertiary/aromatic N) is 2. The summed E-state index contributed by atoms with van der Waals surface area (Å²) in [6.07, 6.45) is -3.13. The van der Waals surface area contributed by atoms with E-state index in [9.17, 15) is 18.0 Å². The van der Waals surface area contributed by atoms with Gasteiger partial charge in [0.05, 0.1) is 38.9 Å². The van der Waals surface area contributed by atoms with E-state index in [1.165, 1.54) is 32.5 Å². The van der Waals surface area contributed by atoms with Crippen LogP contribution in [0.15, 0.2) is 54.7 Å². The molecule has 1 amide bonds. The zero-order valence-electron chi connectivity index (χ0n) is 16.4. The molecule has 0 fully saturated rings. The number of halogens is 3. The van der Waals surface area contributed by atoms with Gasteiger partial charge in [0.25, 0.3) is 0 Å². The Morgan fingerprint density at radius 1 is 1.10 bits per heavy atom. The van der Waals surface area contributed by atoms with Crippen molar-refractivity contribution in [3.63, 3.8) is 0 Å². The molecule has 3 aromatic rings. The van der Waals surface area contributed by atoms with E-state index in [0.717, 1.165) is 17.7 Å². The molecule has 0 bridgehead atoms. The largest absolute Gasteiger partial charge is 0.493 e. The molecule has 2 aromatic carbocycles. The Balaban J connectivity index is 1.73. The Hall–Kier alpha value is -3.49. The number of benzene rings is 2. The third-order valence-electron chi connectivity index (χ3n) is 4.41. The first-order valence-corrected chi connectivity index (χ1v) is 8.99. The van der Waals surface area contributed by atoms with Crippen LogP contribution in [-0.2, 0) is 23.9 Å². The molecule has 0 unspecified atom stereocenters. The van der Waals surface area contributed by atoms with Gasteiger partial charge in [0, 0.05) is 11.6 Å². The van der Waals surface area contributed by atoms with Crippen molar-refractivity contribution >= 4 is 11.7 Å². The van der Waals surface area contributed by atoms with Crippen molar-refractivity contribution in [3.8, 4) is 11.5 Å². The third kappa shape index (κ3) is 4.91. The molecule has 6 nitrogen and oxygen atoms in total. The van der Waals surface area contributed by atoms with Crippen molar-refractivity contribution in [2.24, 2.45) is 0 Å². The van der Waals surface area contributed by atoms with Crippen molar-refractivity contribution in [3.05, 3.63) is 71.4 Å². The number of nitrogens with one attached hydrogen (secondary N) is 1. The SMILES string of the molecule is COc1cccc(Cn2nccc2NC(=O)Cc2cccc(C(F)(F)F)c2)c1OC. The molecule has 0 aliphatic carbocycles. The summed E-state index contributed by atoms with van der Waals surface area (Å²) in [5.74, 6) is 1.08. The van der Waals surface area contributed by atoms with Crippen LogP contribution < -0.4 is 14.8 Å². The predicted molar refractivity (Wildman–Crippen MR) is 105 cm³/mol. The lowest BCUT2D eigenvalue weighted by atomic mass is 10.1. The number of para-hydroxylation sites is 1. The molecule has 1 heterocycles. The van der Waals surface area contributed by atoms with Crippen LogP contribution in [0.3, 0.4) is 0 Å².